The molecular weight excluding hydrogens is 318 g/mol. The molecule has 1 aromatic carbocycles. The summed E-state index contributed by atoms with van der Waals surface area (Å²) in [6, 6.07) is 8.11. The number of halogens is 1. The molecule has 0 radical (unpaired) electrons. The fourth-order valence-electron chi connectivity index (χ4n) is 6.74. The standard InChI is InChI=1S/C21H28ClNO/c22-19-3-1-17(2-4-19)21(13-24)11-18(21)12-23-20-8-14-5-15(9-20)7-16(6-14)10-20/h1-4,14-16,18,23-24H,5-13H2/t14?,15?,16?,18-,20?,21+/m1/s1. The fourth-order valence-corrected chi connectivity index (χ4v) is 6.86. The molecule has 0 aromatic heterocycles. The predicted octanol–water partition coefficient (Wildman–Crippen LogP) is 4.15. The first-order chi connectivity index (χ1) is 11.6. The lowest BCUT2D eigenvalue weighted by molar-refractivity contribution is -0.0203. The zero-order chi connectivity index (χ0) is 16.4. The van der Waals surface area contributed by atoms with Gasteiger partial charge in [-0.3, -0.25) is 0 Å². The largest absolute Gasteiger partial charge is 0.395 e. The third-order valence-corrected chi connectivity index (χ3v) is 7.95. The van der Waals surface area contributed by atoms with Crippen LogP contribution in [0.3, 0.4) is 0 Å². The first-order valence-corrected chi connectivity index (χ1v) is 10.1. The van der Waals surface area contributed by atoms with Gasteiger partial charge in [-0.05, 0) is 92.9 Å². The fraction of sp³-hybridized carbons (Fsp3) is 0.714. The van der Waals surface area contributed by atoms with E-state index in [-0.39, 0.29) is 12.0 Å². The van der Waals surface area contributed by atoms with E-state index in [9.17, 15) is 5.11 Å². The third-order valence-electron chi connectivity index (χ3n) is 7.69. The second-order valence-corrected chi connectivity index (χ2v) is 9.74. The van der Waals surface area contributed by atoms with Gasteiger partial charge in [0.2, 0.25) is 0 Å². The molecule has 0 spiro atoms. The van der Waals surface area contributed by atoms with Gasteiger partial charge in [-0.1, -0.05) is 23.7 Å². The van der Waals surface area contributed by atoms with Crippen molar-refractivity contribution in [2.75, 3.05) is 13.2 Å². The molecule has 0 aliphatic heterocycles. The molecular formula is C21H28ClNO. The predicted molar refractivity (Wildman–Crippen MR) is 97.2 cm³/mol. The van der Waals surface area contributed by atoms with E-state index in [1.54, 1.807) is 0 Å². The Kier molecular flexibility index (Phi) is 3.57. The van der Waals surface area contributed by atoms with Gasteiger partial charge in [0.25, 0.3) is 0 Å². The summed E-state index contributed by atoms with van der Waals surface area (Å²) in [5, 5.41) is 14.8. The number of aliphatic hydroxyl groups is 1. The molecule has 2 nitrogen and oxygen atoms in total. The van der Waals surface area contributed by atoms with Gasteiger partial charge in [-0.2, -0.15) is 0 Å². The van der Waals surface area contributed by atoms with Crippen molar-refractivity contribution in [3.05, 3.63) is 34.9 Å². The summed E-state index contributed by atoms with van der Waals surface area (Å²) >= 11 is 6.02. The number of nitrogens with one attached hydrogen (secondary N) is 1. The Morgan fingerprint density at radius 3 is 2.08 bits per heavy atom. The zero-order valence-electron chi connectivity index (χ0n) is 14.3. The topological polar surface area (TPSA) is 32.3 Å². The second-order valence-electron chi connectivity index (χ2n) is 9.30. The second kappa shape index (κ2) is 5.46. The van der Waals surface area contributed by atoms with Crippen molar-refractivity contribution in [1.29, 1.82) is 0 Å². The summed E-state index contributed by atoms with van der Waals surface area (Å²) < 4.78 is 0. The molecule has 2 N–H and O–H groups in total. The van der Waals surface area contributed by atoms with Gasteiger partial charge in [0.1, 0.15) is 0 Å². The van der Waals surface area contributed by atoms with Crippen molar-refractivity contribution in [1.82, 2.24) is 5.32 Å². The van der Waals surface area contributed by atoms with Crippen LogP contribution in [0.5, 0.6) is 0 Å². The number of hydrogen-bond acceptors (Lipinski definition) is 2. The van der Waals surface area contributed by atoms with Crippen LogP contribution >= 0.6 is 11.6 Å². The molecule has 1 aromatic rings. The highest BCUT2D eigenvalue weighted by Gasteiger charge is 2.56. The van der Waals surface area contributed by atoms with Crippen molar-refractivity contribution in [2.45, 2.75) is 55.9 Å². The van der Waals surface area contributed by atoms with Crippen molar-refractivity contribution in [2.24, 2.45) is 23.7 Å². The van der Waals surface area contributed by atoms with Crippen molar-refractivity contribution in [3.63, 3.8) is 0 Å². The molecule has 5 saturated carbocycles. The van der Waals surface area contributed by atoms with Crippen LogP contribution in [-0.4, -0.2) is 23.8 Å². The summed E-state index contributed by atoms with van der Waals surface area (Å²) in [6.07, 6.45) is 9.79. The highest BCUT2D eigenvalue weighted by molar-refractivity contribution is 6.30. The summed E-state index contributed by atoms with van der Waals surface area (Å²) in [4.78, 5) is 0. The minimum Gasteiger partial charge on any atom is -0.395 e. The molecule has 0 saturated heterocycles. The molecule has 5 aliphatic carbocycles. The molecule has 2 atom stereocenters. The van der Waals surface area contributed by atoms with E-state index in [1.807, 2.05) is 12.1 Å². The van der Waals surface area contributed by atoms with Gasteiger partial charge < -0.3 is 10.4 Å². The molecule has 0 heterocycles. The van der Waals surface area contributed by atoms with Gasteiger partial charge in [0.15, 0.2) is 0 Å². The molecule has 5 aliphatic rings. The van der Waals surface area contributed by atoms with Gasteiger partial charge in [-0.25, -0.2) is 0 Å². The summed E-state index contributed by atoms with van der Waals surface area (Å²) in [5.74, 6) is 3.53. The van der Waals surface area contributed by atoms with Crippen LogP contribution in [0.15, 0.2) is 24.3 Å². The SMILES string of the molecule is OC[C@]1(c2ccc(Cl)cc2)C[C@@H]1CNC12CC3CC(CC(C3)C1)C2. The van der Waals surface area contributed by atoms with Crippen LogP contribution in [0.2, 0.25) is 5.02 Å². The number of hydrogen-bond donors (Lipinski definition) is 2. The van der Waals surface area contributed by atoms with Crippen LogP contribution < -0.4 is 5.32 Å². The quantitative estimate of drug-likeness (QED) is 0.840. The minimum absolute atomic E-state index is 0.0279. The number of rotatable bonds is 5. The Morgan fingerprint density at radius 2 is 1.54 bits per heavy atom. The normalized spacial score (nSPS) is 45.6. The van der Waals surface area contributed by atoms with Crippen LogP contribution in [0, 0.1) is 23.7 Å². The summed E-state index contributed by atoms with van der Waals surface area (Å²) in [5.41, 5.74) is 1.66. The number of aliphatic hydroxyl groups excluding tert-OH is 1. The maximum absolute atomic E-state index is 10.0. The lowest BCUT2D eigenvalue weighted by atomic mass is 9.53. The zero-order valence-corrected chi connectivity index (χ0v) is 15.1. The van der Waals surface area contributed by atoms with Crippen LogP contribution in [-0.2, 0) is 5.41 Å². The molecule has 3 heteroatoms. The Morgan fingerprint density at radius 1 is 0.958 bits per heavy atom. The lowest BCUT2D eigenvalue weighted by Crippen LogP contribution is -2.58. The van der Waals surface area contributed by atoms with E-state index in [0.717, 1.165) is 35.7 Å². The average Bonchev–Trinajstić information content (AvgIpc) is 3.27. The van der Waals surface area contributed by atoms with Crippen molar-refractivity contribution in [3.8, 4) is 0 Å². The molecule has 130 valence electrons. The highest BCUT2D eigenvalue weighted by Crippen LogP contribution is 2.57. The maximum atomic E-state index is 10.0. The van der Waals surface area contributed by atoms with Gasteiger partial charge >= 0.3 is 0 Å². The summed E-state index contributed by atoms with van der Waals surface area (Å²) in [6.45, 7) is 1.32. The Hall–Kier alpha value is -0.570. The molecule has 6 rings (SSSR count). The molecule has 24 heavy (non-hydrogen) atoms. The third kappa shape index (κ3) is 2.45. The van der Waals surface area contributed by atoms with Gasteiger partial charge in [-0.15, -0.1) is 0 Å². The van der Waals surface area contributed by atoms with Crippen molar-refractivity contribution >= 4 is 11.6 Å². The van der Waals surface area contributed by atoms with E-state index in [1.165, 1.54) is 44.1 Å². The smallest absolute Gasteiger partial charge is 0.0531 e. The molecule has 4 bridgehead atoms. The Labute approximate surface area is 150 Å². The van der Waals surface area contributed by atoms with Crippen molar-refractivity contribution < 1.29 is 5.11 Å². The van der Waals surface area contributed by atoms with Gasteiger partial charge in [0.05, 0.1) is 6.61 Å². The first-order valence-electron chi connectivity index (χ1n) is 9.73. The van der Waals surface area contributed by atoms with E-state index < -0.39 is 0 Å². The molecule has 0 amide bonds. The molecule has 0 unspecified atom stereocenters. The van der Waals surface area contributed by atoms with E-state index in [4.69, 9.17) is 11.6 Å². The Bertz CT molecular complexity index is 592. The van der Waals surface area contributed by atoms with Crippen LogP contribution in [0.25, 0.3) is 0 Å². The number of benzene rings is 1. The first kappa shape index (κ1) is 15.7. The average molecular weight is 346 g/mol. The lowest BCUT2D eigenvalue weighted by Gasteiger charge is -2.57. The Balaban J connectivity index is 1.27. The van der Waals surface area contributed by atoms with E-state index in [2.05, 4.69) is 17.4 Å². The van der Waals surface area contributed by atoms with E-state index in [0.29, 0.717) is 11.5 Å². The highest BCUT2D eigenvalue weighted by atomic mass is 35.5. The van der Waals surface area contributed by atoms with Crippen LogP contribution in [0.1, 0.15) is 50.5 Å². The minimum atomic E-state index is -0.0279. The monoisotopic (exact) mass is 345 g/mol. The molecule has 5 fully saturated rings. The van der Waals surface area contributed by atoms with E-state index >= 15 is 0 Å². The van der Waals surface area contributed by atoms with Crippen LogP contribution in [0.4, 0.5) is 0 Å². The van der Waals surface area contributed by atoms with Gasteiger partial charge in [0, 0.05) is 16.0 Å². The summed E-state index contributed by atoms with van der Waals surface area (Å²) in [7, 11) is 0. The maximum Gasteiger partial charge on any atom is 0.0531 e.